The quantitative estimate of drug-likeness (QED) is 0.359. The van der Waals surface area contributed by atoms with Gasteiger partial charge in [-0.2, -0.15) is 5.10 Å². The Bertz CT molecular complexity index is 735. The van der Waals surface area contributed by atoms with Crippen LogP contribution < -0.4 is 16.0 Å². The van der Waals surface area contributed by atoms with Crippen molar-refractivity contribution >= 4 is 11.9 Å². The molecule has 7 heteroatoms. The largest absolute Gasteiger partial charge is 0.357 e. The Morgan fingerprint density at radius 1 is 1.11 bits per heavy atom. The van der Waals surface area contributed by atoms with E-state index in [1.54, 1.807) is 6.20 Å². The highest BCUT2D eigenvalue weighted by Crippen LogP contribution is 2.06. The lowest BCUT2D eigenvalue weighted by atomic mass is 10.1. The number of carbonyl (C=O) groups excluding carboxylic acids is 1. The van der Waals surface area contributed by atoms with Crippen LogP contribution in [0.25, 0.3) is 0 Å². The number of guanidine groups is 1. The Morgan fingerprint density at radius 2 is 1.89 bits per heavy atom. The van der Waals surface area contributed by atoms with Crippen LogP contribution in [0.2, 0.25) is 0 Å². The molecule has 1 amide bonds. The van der Waals surface area contributed by atoms with Gasteiger partial charge in [-0.25, -0.2) is 4.99 Å². The molecular formula is C20H30N6O. The van der Waals surface area contributed by atoms with E-state index in [2.05, 4.69) is 33.0 Å². The molecule has 1 aromatic carbocycles. The number of amides is 1. The Labute approximate surface area is 161 Å². The Balaban J connectivity index is 1.90. The van der Waals surface area contributed by atoms with Gasteiger partial charge in [-0.05, 0) is 37.1 Å². The molecule has 1 aromatic heterocycles. The predicted molar refractivity (Wildman–Crippen MR) is 109 cm³/mol. The zero-order chi connectivity index (χ0) is 19.5. The topological polar surface area (TPSA) is 83.3 Å². The molecule has 0 radical (unpaired) electrons. The van der Waals surface area contributed by atoms with Gasteiger partial charge in [-0.15, -0.1) is 0 Å². The second-order valence-corrected chi connectivity index (χ2v) is 6.30. The van der Waals surface area contributed by atoms with E-state index in [1.807, 2.05) is 49.0 Å². The fourth-order valence-corrected chi connectivity index (χ4v) is 2.50. The molecule has 0 aliphatic rings. The van der Waals surface area contributed by atoms with Crippen LogP contribution in [0.1, 0.15) is 48.3 Å². The molecule has 0 spiro atoms. The number of aromatic nitrogens is 2. The number of unbranched alkanes of at least 4 members (excludes halogenated alkanes) is 1. The lowest BCUT2D eigenvalue weighted by molar-refractivity contribution is 0.0953. The van der Waals surface area contributed by atoms with Crippen LogP contribution in [0.15, 0.2) is 41.5 Å². The molecule has 0 unspecified atom stereocenters. The molecule has 27 heavy (non-hydrogen) atoms. The maximum absolute atomic E-state index is 12.0. The average molecular weight is 371 g/mol. The third-order valence-corrected chi connectivity index (χ3v) is 4.16. The molecule has 0 fully saturated rings. The standard InChI is InChI=1S/C20H30N6O/c1-4-6-12-22-19(27)17-9-7-16(8-10-17)14-23-20(21-5-2)24-15-18-11-13-25-26(18)3/h7-11,13H,4-6,12,14-15H2,1-3H3,(H,22,27)(H2,21,23,24). The number of aliphatic imine (C=N–C) groups is 1. The molecule has 146 valence electrons. The van der Waals surface area contributed by atoms with Gasteiger partial charge in [-0.3, -0.25) is 9.48 Å². The van der Waals surface area contributed by atoms with Gasteiger partial charge in [0.05, 0.1) is 18.8 Å². The van der Waals surface area contributed by atoms with Crippen molar-refractivity contribution in [3.63, 3.8) is 0 Å². The molecule has 0 bridgehead atoms. The predicted octanol–water partition coefficient (Wildman–Crippen LogP) is 2.21. The summed E-state index contributed by atoms with van der Waals surface area (Å²) in [5.74, 6) is 0.727. The van der Waals surface area contributed by atoms with E-state index in [9.17, 15) is 4.79 Å². The summed E-state index contributed by atoms with van der Waals surface area (Å²) in [6.45, 7) is 6.84. The molecule has 0 saturated heterocycles. The van der Waals surface area contributed by atoms with Gasteiger partial charge in [0.2, 0.25) is 0 Å². The first-order chi connectivity index (χ1) is 13.1. The van der Waals surface area contributed by atoms with Crippen LogP contribution in [-0.4, -0.2) is 34.7 Å². The van der Waals surface area contributed by atoms with E-state index in [-0.39, 0.29) is 5.91 Å². The third kappa shape index (κ3) is 6.77. The Hall–Kier alpha value is -2.83. The first-order valence-corrected chi connectivity index (χ1v) is 9.50. The van der Waals surface area contributed by atoms with Gasteiger partial charge < -0.3 is 16.0 Å². The fraction of sp³-hybridized carbons (Fsp3) is 0.450. The number of benzene rings is 1. The van der Waals surface area contributed by atoms with Crippen molar-refractivity contribution in [1.82, 2.24) is 25.7 Å². The van der Waals surface area contributed by atoms with Gasteiger partial charge in [0.25, 0.3) is 5.91 Å². The number of nitrogens with one attached hydrogen (secondary N) is 3. The van der Waals surface area contributed by atoms with Crippen LogP contribution in [0, 0.1) is 0 Å². The van der Waals surface area contributed by atoms with Gasteiger partial charge in [0, 0.05) is 31.9 Å². The molecule has 3 N–H and O–H groups in total. The van der Waals surface area contributed by atoms with Gasteiger partial charge in [0.15, 0.2) is 5.96 Å². The normalized spacial score (nSPS) is 11.3. The second kappa shape index (κ2) is 11.0. The Kier molecular flexibility index (Phi) is 8.35. The number of rotatable bonds is 9. The maximum atomic E-state index is 12.0. The highest BCUT2D eigenvalue weighted by atomic mass is 16.1. The minimum atomic E-state index is -0.0234. The zero-order valence-corrected chi connectivity index (χ0v) is 16.5. The van der Waals surface area contributed by atoms with Crippen molar-refractivity contribution in [2.24, 2.45) is 12.0 Å². The summed E-state index contributed by atoms with van der Waals surface area (Å²) in [4.78, 5) is 16.7. The summed E-state index contributed by atoms with van der Waals surface area (Å²) in [5.41, 5.74) is 2.82. The highest BCUT2D eigenvalue weighted by Gasteiger charge is 2.05. The molecule has 1 heterocycles. The lowest BCUT2D eigenvalue weighted by Crippen LogP contribution is -2.37. The molecule has 0 aliphatic carbocycles. The lowest BCUT2D eigenvalue weighted by Gasteiger charge is -2.11. The SMILES string of the molecule is CCCCNC(=O)c1ccc(CN=C(NCC)NCc2ccnn2C)cc1. The monoisotopic (exact) mass is 370 g/mol. The summed E-state index contributed by atoms with van der Waals surface area (Å²) in [7, 11) is 1.92. The Morgan fingerprint density at radius 3 is 2.52 bits per heavy atom. The highest BCUT2D eigenvalue weighted by molar-refractivity contribution is 5.94. The average Bonchev–Trinajstić information content (AvgIpc) is 3.09. The van der Waals surface area contributed by atoms with Crippen molar-refractivity contribution < 1.29 is 4.79 Å². The number of nitrogens with zero attached hydrogens (tertiary/aromatic N) is 3. The van der Waals surface area contributed by atoms with Crippen LogP contribution in [0.3, 0.4) is 0 Å². The van der Waals surface area contributed by atoms with Crippen LogP contribution in [0.4, 0.5) is 0 Å². The number of carbonyl (C=O) groups is 1. The summed E-state index contributed by atoms with van der Waals surface area (Å²) in [6.07, 6.45) is 3.85. The first-order valence-electron chi connectivity index (χ1n) is 9.50. The van der Waals surface area contributed by atoms with E-state index in [0.717, 1.165) is 43.1 Å². The fourth-order valence-electron chi connectivity index (χ4n) is 2.50. The number of hydrogen-bond donors (Lipinski definition) is 3. The van der Waals surface area contributed by atoms with Crippen molar-refractivity contribution in [3.05, 3.63) is 53.3 Å². The van der Waals surface area contributed by atoms with Crippen molar-refractivity contribution in [2.45, 2.75) is 39.8 Å². The van der Waals surface area contributed by atoms with Gasteiger partial charge in [-0.1, -0.05) is 25.5 Å². The van der Waals surface area contributed by atoms with Crippen molar-refractivity contribution in [3.8, 4) is 0 Å². The number of aryl methyl sites for hydroxylation is 1. The maximum Gasteiger partial charge on any atom is 0.251 e. The van der Waals surface area contributed by atoms with E-state index < -0.39 is 0 Å². The van der Waals surface area contributed by atoms with Crippen LogP contribution >= 0.6 is 0 Å². The van der Waals surface area contributed by atoms with Crippen molar-refractivity contribution in [2.75, 3.05) is 13.1 Å². The van der Waals surface area contributed by atoms with E-state index in [1.165, 1.54) is 0 Å². The third-order valence-electron chi connectivity index (χ3n) is 4.16. The summed E-state index contributed by atoms with van der Waals surface area (Å²) in [6, 6.07) is 9.57. The van der Waals surface area contributed by atoms with Gasteiger partial charge >= 0.3 is 0 Å². The summed E-state index contributed by atoms with van der Waals surface area (Å²) in [5, 5.41) is 13.6. The molecule has 2 aromatic rings. The molecular weight excluding hydrogens is 340 g/mol. The first kappa shape index (κ1) is 20.5. The number of hydrogen-bond acceptors (Lipinski definition) is 3. The van der Waals surface area contributed by atoms with Crippen LogP contribution in [-0.2, 0) is 20.1 Å². The van der Waals surface area contributed by atoms with Crippen LogP contribution in [0.5, 0.6) is 0 Å². The summed E-state index contributed by atoms with van der Waals surface area (Å²) < 4.78 is 1.83. The van der Waals surface area contributed by atoms with Gasteiger partial charge in [0.1, 0.15) is 0 Å². The second-order valence-electron chi connectivity index (χ2n) is 6.30. The molecule has 0 saturated carbocycles. The van der Waals surface area contributed by atoms with E-state index >= 15 is 0 Å². The minimum Gasteiger partial charge on any atom is -0.357 e. The smallest absolute Gasteiger partial charge is 0.251 e. The zero-order valence-electron chi connectivity index (χ0n) is 16.5. The molecule has 0 aliphatic heterocycles. The van der Waals surface area contributed by atoms with E-state index in [0.29, 0.717) is 18.7 Å². The van der Waals surface area contributed by atoms with E-state index in [4.69, 9.17) is 0 Å². The summed E-state index contributed by atoms with van der Waals surface area (Å²) >= 11 is 0. The molecule has 0 atom stereocenters. The molecule has 7 nitrogen and oxygen atoms in total. The minimum absolute atomic E-state index is 0.0234. The van der Waals surface area contributed by atoms with Crippen molar-refractivity contribution in [1.29, 1.82) is 0 Å². The molecule has 2 rings (SSSR count).